The zero-order chi connectivity index (χ0) is 20.6. The molecule has 3 heterocycles. The Morgan fingerprint density at radius 3 is 2.72 bits per heavy atom. The molecule has 1 aromatic carbocycles. The molecule has 0 fully saturated rings. The summed E-state index contributed by atoms with van der Waals surface area (Å²) in [4.78, 5) is 16.7. The first-order valence-corrected chi connectivity index (χ1v) is 8.69. The lowest BCUT2D eigenvalue weighted by Gasteiger charge is -2.24. The van der Waals surface area contributed by atoms with Gasteiger partial charge < -0.3 is 4.90 Å². The van der Waals surface area contributed by atoms with Gasteiger partial charge in [-0.2, -0.15) is 17.7 Å². The van der Waals surface area contributed by atoms with E-state index in [2.05, 4.69) is 20.5 Å². The Bertz CT molecular complexity index is 1190. The van der Waals surface area contributed by atoms with Gasteiger partial charge in [0.05, 0.1) is 12.1 Å². The van der Waals surface area contributed by atoms with Crippen molar-refractivity contribution in [2.45, 2.75) is 26.2 Å². The van der Waals surface area contributed by atoms with Gasteiger partial charge in [0.25, 0.3) is 0 Å². The molecule has 0 atom stereocenters. The van der Waals surface area contributed by atoms with Gasteiger partial charge in [0.15, 0.2) is 5.65 Å². The third-order valence-electron chi connectivity index (χ3n) is 4.55. The SMILES string of the molecule is Cc1cccc2cc(CN(Cc3cccnc3)C(=O)C(F)(F)F)c3nnnn3c12. The second-order valence-corrected chi connectivity index (χ2v) is 6.62. The van der Waals surface area contributed by atoms with E-state index in [0.29, 0.717) is 16.8 Å². The van der Waals surface area contributed by atoms with Crippen molar-refractivity contribution in [2.24, 2.45) is 0 Å². The number of halogens is 3. The third kappa shape index (κ3) is 3.60. The van der Waals surface area contributed by atoms with Gasteiger partial charge in [-0.15, -0.1) is 5.10 Å². The molecule has 148 valence electrons. The molecule has 10 heteroatoms. The Hall–Kier alpha value is -3.56. The molecule has 0 radical (unpaired) electrons. The highest BCUT2D eigenvalue weighted by Crippen LogP contribution is 2.26. The van der Waals surface area contributed by atoms with Crippen molar-refractivity contribution in [1.82, 2.24) is 29.9 Å². The second kappa shape index (κ2) is 7.12. The topological polar surface area (TPSA) is 76.3 Å². The van der Waals surface area contributed by atoms with Gasteiger partial charge in [0.1, 0.15) is 0 Å². The molecular formula is C19H15F3N6O. The van der Waals surface area contributed by atoms with Crippen molar-refractivity contribution >= 4 is 22.5 Å². The smallest absolute Gasteiger partial charge is 0.326 e. The molecule has 0 bridgehead atoms. The summed E-state index contributed by atoms with van der Waals surface area (Å²) in [6.45, 7) is 1.35. The van der Waals surface area contributed by atoms with Crippen LogP contribution in [-0.2, 0) is 17.9 Å². The fourth-order valence-electron chi connectivity index (χ4n) is 3.29. The number of aryl methyl sites for hydroxylation is 1. The average Bonchev–Trinajstić information content (AvgIpc) is 3.17. The van der Waals surface area contributed by atoms with E-state index in [-0.39, 0.29) is 13.1 Å². The summed E-state index contributed by atoms with van der Waals surface area (Å²) in [6.07, 6.45) is -2.07. The minimum Gasteiger partial charge on any atom is -0.326 e. The minimum atomic E-state index is -5.00. The first-order valence-electron chi connectivity index (χ1n) is 8.69. The molecular weight excluding hydrogens is 385 g/mol. The van der Waals surface area contributed by atoms with Gasteiger partial charge >= 0.3 is 12.1 Å². The van der Waals surface area contributed by atoms with E-state index < -0.39 is 12.1 Å². The van der Waals surface area contributed by atoms with E-state index in [4.69, 9.17) is 0 Å². The Balaban J connectivity index is 1.80. The van der Waals surface area contributed by atoms with Gasteiger partial charge in [0.2, 0.25) is 0 Å². The van der Waals surface area contributed by atoms with Crippen LogP contribution in [0.1, 0.15) is 16.7 Å². The Kier molecular flexibility index (Phi) is 4.61. The number of hydrogen-bond acceptors (Lipinski definition) is 5. The second-order valence-electron chi connectivity index (χ2n) is 6.62. The molecule has 0 saturated carbocycles. The number of rotatable bonds is 4. The first kappa shape index (κ1) is 18.8. The number of nitrogens with zero attached hydrogens (tertiary/aromatic N) is 6. The quantitative estimate of drug-likeness (QED) is 0.526. The minimum absolute atomic E-state index is 0.244. The van der Waals surface area contributed by atoms with Gasteiger partial charge in [-0.3, -0.25) is 9.78 Å². The summed E-state index contributed by atoms with van der Waals surface area (Å²) in [6, 6.07) is 10.5. The van der Waals surface area contributed by atoms with E-state index in [1.54, 1.807) is 18.2 Å². The van der Waals surface area contributed by atoms with Crippen LogP contribution >= 0.6 is 0 Å². The number of hydrogen-bond donors (Lipinski definition) is 0. The lowest BCUT2D eigenvalue weighted by molar-refractivity contribution is -0.186. The fourth-order valence-corrected chi connectivity index (χ4v) is 3.29. The lowest BCUT2D eigenvalue weighted by atomic mass is 10.1. The molecule has 0 saturated heterocycles. The van der Waals surface area contributed by atoms with Gasteiger partial charge in [-0.1, -0.05) is 24.3 Å². The van der Waals surface area contributed by atoms with Crippen molar-refractivity contribution < 1.29 is 18.0 Å². The number of pyridine rings is 2. The zero-order valence-electron chi connectivity index (χ0n) is 15.3. The maximum absolute atomic E-state index is 13.2. The van der Waals surface area contributed by atoms with Crippen LogP contribution in [0.15, 0.2) is 48.8 Å². The highest BCUT2D eigenvalue weighted by atomic mass is 19.4. The molecule has 0 unspecified atom stereocenters. The maximum Gasteiger partial charge on any atom is 0.471 e. The van der Waals surface area contributed by atoms with Gasteiger partial charge in [0, 0.05) is 29.9 Å². The molecule has 1 amide bonds. The lowest BCUT2D eigenvalue weighted by Crippen LogP contribution is -2.40. The van der Waals surface area contributed by atoms with Crippen molar-refractivity contribution in [3.05, 3.63) is 65.5 Å². The Morgan fingerprint density at radius 2 is 2.00 bits per heavy atom. The highest BCUT2D eigenvalue weighted by Gasteiger charge is 2.42. The van der Waals surface area contributed by atoms with Gasteiger partial charge in [-0.25, -0.2) is 0 Å². The van der Waals surface area contributed by atoms with Crippen molar-refractivity contribution in [2.75, 3.05) is 0 Å². The fraction of sp³-hybridized carbons (Fsp3) is 0.211. The molecule has 7 nitrogen and oxygen atoms in total. The maximum atomic E-state index is 13.2. The number of alkyl halides is 3. The van der Waals surface area contributed by atoms with Crippen LogP contribution in [0.5, 0.6) is 0 Å². The van der Waals surface area contributed by atoms with Crippen LogP contribution < -0.4 is 0 Å². The van der Waals surface area contributed by atoms with Crippen LogP contribution in [0, 0.1) is 6.92 Å². The molecule has 3 aromatic heterocycles. The van der Waals surface area contributed by atoms with Crippen LogP contribution in [0.25, 0.3) is 16.6 Å². The van der Waals surface area contributed by atoms with E-state index >= 15 is 0 Å². The summed E-state index contributed by atoms with van der Waals surface area (Å²) >= 11 is 0. The van der Waals surface area contributed by atoms with E-state index in [9.17, 15) is 18.0 Å². The summed E-state index contributed by atoms with van der Waals surface area (Å²) in [7, 11) is 0. The predicted molar refractivity (Wildman–Crippen MR) is 97.6 cm³/mol. The molecule has 0 aliphatic carbocycles. The number of aromatic nitrogens is 5. The normalized spacial score (nSPS) is 11.9. The van der Waals surface area contributed by atoms with E-state index in [1.165, 1.54) is 16.9 Å². The van der Waals surface area contributed by atoms with Crippen molar-refractivity contribution in [3.63, 3.8) is 0 Å². The summed E-state index contributed by atoms with van der Waals surface area (Å²) in [5, 5.41) is 12.4. The molecule has 4 rings (SSSR count). The van der Waals surface area contributed by atoms with E-state index in [1.807, 2.05) is 25.1 Å². The number of tetrazole rings is 1. The third-order valence-corrected chi connectivity index (χ3v) is 4.55. The molecule has 0 N–H and O–H groups in total. The predicted octanol–water partition coefficient (Wildman–Crippen LogP) is 3.07. The number of benzene rings is 1. The molecule has 0 spiro atoms. The standard InChI is InChI=1S/C19H15F3N6O/c1-12-4-2-6-14-8-15(17-24-25-26-28(17)16(12)14)11-27(18(29)19(20,21)22)10-13-5-3-7-23-9-13/h2-9H,10-11H2,1H3. The van der Waals surface area contributed by atoms with Gasteiger partial charge in [-0.05, 0) is 40.6 Å². The molecule has 0 aliphatic heterocycles. The zero-order valence-corrected chi connectivity index (χ0v) is 15.3. The monoisotopic (exact) mass is 400 g/mol. The van der Waals surface area contributed by atoms with Crippen LogP contribution in [0.3, 0.4) is 0 Å². The van der Waals surface area contributed by atoms with E-state index in [0.717, 1.165) is 21.4 Å². The molecule has 0 aliphatic rings. The van der Waals surface area contributed by atoms with Crippen LogP contribution in [0.4, 0.5) is 13.2 Å². The number of para-hydroxylation sites is 1. The average molecular weight is 400 g/mol. The Labute approximate surface area is 162 Å². The summed E-state index contributed by atoms with van der Waals surface area (Å²) in [5.41, 5.74) is 2.88. The number of fused-ring (bicyclic) bond motifs is 3. The van der Waals surface area contributed by atoms with Crippen molar-refractivity contribution in [1.29, 1.82) is 0 Å². The van der Waals surface area contributed by atoms with Crippen molar-refractivity contribution in [3.8, 4) is 0 Å². The van der Waals surface area contributed by atoms with Crippen LogP contribution in [0.2, 0.25) is 0 Å². The first-order chi connectivity index (χ1) is 13.8. The summed E-state index contributed by atoms with van der Waals surface area (Å²) < 4.78 is 41.1. The highest BCUT2D eigenvalue weighted by molar-refractivity contribution is 5.86. The number of carbonyl (C=O) groups is 1. The number of amides is 1. The summed E-state index contributed by atoms with van der Waals surface area (Å²) in [5.74, 6) is -1.93. The van der Waals surface area contributed by atoms with Crippen LogP contribution in [-0.4, -0.2) is 42.0 Å². The largest absolute Gasteiger partial charge is 0.471 e. The molecule has 29 heavy (non-hydrogen) atoms. The number of carbonyl (C=O) groups excluding carboxylic acids is 1. The molecule has 4 aromatic rings. The Morgan fingerprint density at radius 1 is 1.17 bits per heavy atom.